The van der Waals surface area contributed by atoms with E-state index in [0.717, 1.165) is 56.0 Å². The topological polar surface area (TPSA) is 44.8 Å². The smallest absolute Gasteiger partial charge is 0.251 e. The van der Waals surface area contributed by atoms with Gasteiger partial charge in [-0.25, -0.2) is 0 Å². The van der Waals surface area contributed by atoms with Gasteiger partial charge in [0.05, 0.1) is 6.61 Å². The maximum absolute atomic E-state index is 12.4. The summed E-state index contributed by atoms with van der Waals surface area (Å²) in [6, 6.07) is 14.2. The van der Waals surface area contributed by atoms with Crippen LogP contribution in [0, 0.1) is 0 Å². The second-order valence-corrected chi connectivity index (χ2v) is 7.50. The Morgan fingerprint density at radius 3 is 2.56 bits per heavy atom. The van der Waals surface area contributed by atoms with E-state index in [1.54, 1.807) is 0 Å². The summed E-state index contributed by atoms with van der Waals surface area (Å²) in [6.07, 6.45) is 0.880. The Bertz CT molecular complexity index is 796. The lowest BCUT2D eigenvalue weighted by atomic mass is 10.1. The summed E-state index contributed by atoms with van der Waals surface area (Å²) < 4.78 is 5.50. The molecule has 0 atom stereocenters. The number of carbonyl (C=O) groups excluding carboxylic acids is 1. The average molecular weight is 365 g/mol. The van der Waals surface area contributed by atoms with Crippen LogP contribution in [0.15, 0.2) is 42.5 Å². The number of amides is 1. The fraction of sp³-hybridized carbons (Fsp3) is 0.409. The van der Waals surface area contributed by atoms with E-state index in [4.69, 9.17) is 4.74 Å². The zero-order valence-electron chi connectivity index (χ0n) is 15.9. The van der Waals surface area contributed by atoms with Crippen molar-refractivity contribution in [1.82, 2.24) is 15.1 Å². The second kappa shape index (κ2) is 8.11. The fourth-order valence-corrected chi connectivity index (χ4v) is 3.64. The molecule has 2 aromatic rings. The highest BCUT2D eigenvalue weighted by atomic mass is 16.5. The second-order valence-electron chi connectivity index (χ2n) is 7.50. The molecule has 0 spiro atoms. The van der Waals surface area contributed by atoms with Crippen LogP contribution in [0.4, 0.5) is 0 Å². The summed E-state index contributed by atoms with van der Waals surface area (Å²) in [4.78, 5) is 17.3. The van der Waals surface area contributed by atoms with E-state index >= 15 is 0 Å². The minimum Gasteiger partial charge on any atom is -0.493 e. The maximum atomic E-state index is 12.4. The van der Waals surface area contributed by atoms with Gasteiger partial charge in [0, 0.05) is 51.3 Å². The van der Waals surface area contributed by atoms with Crippen molar-refractivity contribution in [2.24, 2.45) is 0 Å². The Hall–Kier alpha value is -2.37. The monoisotopic (exact) mass is 365 g/mol. The molecule has 0 saturated carbocycles. The summed E-state index contributed by atoms with van der Waals surface area (Å²) >= 11 is 0. The number of fused-ring (bicyclic) bond motifs is 1. The lowest BCUT2D eigenvalue weighted by Gasteiger charge is -2.32. The number of hydrogen-bond donors (Lipinski definition) is 1. The number of ether oxygens (including phenoxy) is 1. The van der Waals surface area contributed by atoms with Gasteiger partial charge in [-0.2, -0.15) is 0 Å². The molecule has 2 aliphatic rings. The number of piperazine rings is 1. The van der Waals surface area contributed by atoms with Crippen molar-refractivity contribution in [3.63, 3.8) is 0 Å². The van der Waals surface area contributed by atoms with Gasteiger partial charge in [-0.05, 0) is 41.9 Å². The number of benzene rings is 2. The lowest BCUT2D eigenvalue weighted by molar-refractivity contribution is 0.0951. The van der Waals surface area contributed by atoms with Crippen LogP contribution in [0.5, 0.6) is 5.75 Å². The third-order valence-electron chi connectivity index (χ3n) is 5.43. The van der Waals surface area contributed by atoms with E-state index in [0.29, 0.717) is 18.7 Å². The third-order valence-corrected chi connectivity index (χ3v) is 5.43. The lowest BCUT2D eigenvalue weighted by Crippen LogP contribution is -2.43. The van der Waals surface area contributed by atoms with Crippen LogP contribution in [-0.4, -0.2) is 55.5 Å². The highest BCUT2D eigenvalue weighted by Crippen LogP contribution is 2.25. The first-order valence-corrected chi connectivity index (χ1v) is 9.70. The molecule has 1 fully saturated rings. The third kappa shape index (κ3) is 4.49. The number of hydrogen-bond acceptors (Lipinski definition) is 4. The predicted molar refractivity (Wildman–Crippen MR) is 106 cm³/mol. The van der Waals surface area contributed by atoms with Crippen LogP contribution in [0.1, 0.15) is 27.0 Å². The zero-order valence-corrected chi connectivity index (χ0v) is 15.9. The number of rotatable bonds is 5. The van der Waals surface area contributed by atoms with Gasteiger partial charge in [-0.3, -0.25) is 9.69 Å². The minimum absolute atomic E-state index is 0.0359. The first-order valence-electron chi connectivity index (χ1n) is 9.70. The quantitative estimate of drug-likeness (QED) is 0.883. The van der Waals surface area contributed by atoms with Gasteiger partial charge in [0.25, 0.3) is 5.91 Å². The minimum atomic E-state index is -0.0359. The number of nitrogens with zero attached hydrogens (tertiary/aromatic N) is 2. The normalized spacial score (nSPS) is 17.4. The van der Waals surface area contributed by atoms with Gasteiger partial charge in [0.2, 0.25) is 0 Å². The van der Waals surface area contributed by atoms with Crippen LogP contribution >= 0.6 is 0 Å². The summed E-state index contributed by atoms with van der Waals surface area (Å²) in [7, 11) is 2.18. The Kier molecular flexibility index (Phi) is 5.41. The van der Waals surface area contributed by atoms with E-state index in [1.165, 1.54) is 5.56 Å². The molecule has 0 radical (unpaired) electrons. The van der Waals surface area contributed by atoms with Crippen molar-refractivity contribution in [2.75, 3.05) is 39.8 Å². The molecule has 4 rings (SSSR count). The van der Waals surface area contributed by atoms with Gasteiger partial charge in [-0.1, -0.05) is 24.3 Å². The van der Waals surface area contributed by atoms with Gasteiger partial charge >= 0.3 is 0 Å². The highest BCUT2D eigenvalue weighted by molar-refractivity contribution is 5.94. The molecule has 2 heterocycles. The fourth-order valence-electron chi connectivity index (χ4n) is 3.64. The Morgan fingerprint density at radius 1 is 1.04 bits per heavy atom. The average Bonchev–Trinajstić information content (AvgIpc) is 3.17. The molecule has 1 N–H and O–H groups in total. The number of likely N-dealkylation sites (N-methyl/N-ethyl adjacent to an activating group) is 1. The van der Waals surface area contributed by atoms with Crippen LogP contribution in [0.3, 0.4) is 0 Å². The predicted octanol–water partition coefficient (Wildman–Crippen LogP) is 2.30. The molecule has 0 aliphatic carbocycles. The summed E-state index contributed by atoms with van der Waals surface area (Å²) in [5.74, 6) is 0.869. The largest absolute Gasteiger partial charge is 0.493 e. The van der Waals surface area contributed by atoms with Crippen LogP contribution < -0.4 is 10.1 Å². The highest BCUT2D eigenvalue weighted by Gasteiger charge is 2.15. The summed E-state index contributed by atoms with van der Waals surface area (Å²) in [6.45, 7) is 6.78. The SMILES string of the molecule is CN1CCN(Cc2ccc(CNC(=O)c3ccc4c(c3)CCO4)cc2)CC1. The van der Waals surface area contributed by atoms with E-state index in [9.17, 15) is 4.79 Å². The Balaban J connectivity index is 1.29. The molecule has 0 aromatic heterocycles. The molecule has 2 aromatic carbocycles. The molecule has 142 valence electrons. The summed E-state index contributed by atoms with van der Waals surface area (Å²) in [5, 5.41) is 3.02. The van der Waals surface area contributed by atoms with Crippen molar-refractivity contribution in [2.45, 2.75) is 19.5 Å². The van der Waals surface area contributed by atoms with Crippen molar-refractivity contribution in [1.29, 1.82) is 0 Å². The zero-order chi connectivity index (χ0) is 18.6. The van der Waals surface area contributed by atoms with E-state index in [2.05, 4.69) is 46.4 Å². The van der Waals surface area contributed by atoms with Crippen molar-refractivity contribution in [3.05, 3.63) is 64.7 Å². The molecule has 1 amide bonds. The number of carbonyl (C=O) groups is 1. The standard InChI is InChI=1S/C22H27N3O2/c1-24-9-11-25(12-10-24)16-18-4-2-17(3-5-18)15-23-22(26)20-6-7-21-19(14-20)8-13-27-21/h2-7,14H,8-13,15-16H2,1H3,(H,23,26). The molecule has 1 saturated heterocycles. The van der Waals surface area contributed by atoms with Crippen LogP contribution in [0.25, 0.3) is 0 Å². The maximum Gasteiger partial charge on any atom is 0.251 e. The molecule has 2 aliphatic heterocycles. The molecule has 5 heteroatoms. The Labute approximate surface area is 160 Å². The van der Waals surface area contributed by atoms with Crippen molar-refractivity contribution < 1.29 is 9.53 Å². The van der Waals surface area contributed by atoms with Crippen LogP contribution in [0.2, 0.25) is 0 Å². The molecular weight excluding hydrogens is 338 g/mol. The van der Waals surface area contributed by atoms with E-state index in [1.807, 2.05) is 18.2 Å². The first kappa shape index (κ1) is 18.0. The number of nitrogens with one attached hydrogen (secondary N) is 1. The van der Waals surface area contributed by atoms with Gasteiger partial charge in [-0.15, -0.1) is 0 Å². The molecule has 0 unspecified atom stereocenters. The van der Waals surface area contributed by atoms with Gasteiger partial charge < -0.3 is 15.0 Å². The molecule has 5 nitrogen and oxygen atoms in total. The first-order chi connectivity index (χ1) is 13.2. The molecular formula is C22H27N3O2. The summed E-state index contributed by atoms with van der Waals surface area (Å²) in [5.41, 5.74) is 4.27. The van der Waals surface area contributed by atoms with Crippen molar-refractivity contribution in [3.8, 4) is 5.75 Å². The van der Waals surface area contributed by atoms with Crippen LogP contribution in [-0.2, 0) is 19.5 Å². The Morgan fingerprint density at radius 2 is 1.78 bits per heavy atom. The van der Waals surface area contributed by atoms with Gasteiger partial charge in [0.1, 0.15) is 5.75 Å². The molecule has 0 bridgehead atoms. The van der Waals surface area contributed by atoms with E-state index < -0.39 is 0 Å². The van der Waals surface area contributed by atoms with E-state index in [-0.39, 0.29) is 5.91 Å². The van der Waals surface area contributed by atoms with Crippen molar-refractivity contribution >= 4 is 5.91 Å². The molecule has 27 heavy (non-hydrogen) atoms. The van der Waals surface area contributed by atoms with Gasteiger partial charge in [0.15, 0.2) is 0 Å².